The second kappa shape index (κ2) is 8.86. The van der Waals surface area contributed by atoms with E-state index in [0.717, 1.165) is 31.9 Å². The molecule has 1 aliphatic rings. The van der Waals surface area contributed by atoms with E-state index in [1.54, 1.807) is 0 Å². The molecule has 3 nitrogen and oxygen atoms in total. The lowest BCUT2D eigenvalue weighted by Crippen LogP contribution is -2.45. The van der Waals surface area contributed by atoms with Crippen molar-refractivity contribution in [2.45, 2.75) is 32.4 Å². The van der Waals surface area contributed by atoms with Gasteiger partial charge in [0.15, 0.2) is 0 Å². The van der Waals surface area contributed by atoms with Gasteiger partial charge >= 0.3 is 0 Å². The minimum atomic E-state index is 0.528. The maximum absolute atomic E-state index is 5.91. The minimum Gasteiger partial charge on any atom is -0.489 e. The van der Waals surface area contributed by atoms with Crippen molar-refractivity contribution in [2.24, 2.45) is 0 Å². The zero-order valence-corrected chi connectivity index (χ0v) is 14.6. The summed E-state index contributed by atoms with van der Waals surface area (Å²) in [5.41, 5.74) is 2.61. The molecule has 128 valence electrons. The van der Waals surface area contributed by atoms with Crippen LogP contribution in [-0.2, 0) is 6.61 Å². The van der Waals surface area contributed by atoms with E-state index in [4.69, 9.17) is 4.74 Å². The molecule has 1 saturated heterocycles. The number of nitrogens with one attached hydrogen (secondary N) is 1. The van der Waals surface area contributed by atoms with Gasteiger partial charge in [-0.05, 0) is 29.7 Å². The smallest absolute Gasteiger partial charge is 0.119 e. The van der Waals surface area contributed by atoms with Gasteiger partial charge in [-0.25, -0.2) is 0 Å². The Hall–Kier alpha value is -1.84. The third kappa shape index (κ3) is 4.59. The van der Waals surface area contributed by atoms with E-state index < -0.39 is 0 Å². The first-order chi connectivity index (χ1) is 11.9. The van der Waals surface area contributed by atoms with E-state index in [-0.39, 0.29) is 0 Å². The van der Waals surface area contributed by atoms with Crippen molar-refractivity contribution < 1.29 is 4.74 Å². The fourth-order valence-corrected chi connectivity index (χ4v) is 3.35. The quantitative estimate of drug-likeness (QED) is 0.833. The summed E-state index contributed by atoms with van der Waals surface area (Å²) in [6, 6.07) is 19.5. The van der Waals surface area contributed by atoms with Gasteiger partial charge in [-0.1, -0.05) is 55.8 Å². The van der Waals surface area contributed by atoms with Crippen LogP contribution in [0.15, 0.2) is 54.6 Å². The summed E-state index contributed by atoms with van der Waals surface area (Å²) in [5, 5.41) is 3.44. The first kappa shape index (κ1) is 17.0. The van der Waals surface area contributed by atoms with Crippen molar-refractivity contribution in [1.29, 1.82) is 0 Å². The first-order valence-electron chi connectivity index (χ1n) is 9.08. The number of rotatable bonds is 7. The number of ether oxygens (including phenoxy) is 1. The van der Waals surface area contributed by atoms with Crippen LogP contribution in [0, 0.1) is 0 Å². The molecule has 1 N–H and O–H groups in total. The van der Waals surface area contributed by atoms with Gasteiger partial charge in [0, 0.05) is 32.2 Å². The number of piperazine rings is 1. The van der Waals surface area contributed by atoms with E-state index >= 15 is 0 Å². The van der Waals surface area contributed by atoms with Gasteiger partial charge in [0.1, 0.15) is 12.4 Å². The Morgan fingerprint density at radius 3 is 2.38 bits per heavy atom. The number of nitrogens with zero attached hydrogens (tertiary/aromatic N) is 1. The summed E-state index contributed by atoms with van der Waals surface area (Å²) in [6.45, 7) is 7.35. The van der Waals surface area contributed by atoms with Crippen molar-refractivity contribution in [1.82, 2.24) is 10.2 Å². The van der Waals surface area contributed by atoms with E-state index in [2.05, 4.69) is 53.5 Å². The molecule has 24 heavy (non-hydrogen) atoms. The monoisotopic (exact) mass is 324 g/mol. The molecule has 0 saturated carbocycles. The Balaban J connectivity index is 1.63. The summed E-state index contributed by atoms with van der Waals surface area (Å²) in [6.07, 6.45) is 2.42. The second-order valence-electron chi connectivity index (χ2n) is 6.43. The van der Waals surface area contributed by atoms with Crippen molar-refractivity contribution in [2.75, 3.05) is 26.2 Å². The maximum atomic E-state index is 5.91. The van der Waals surface area contributed by atoms with Gasteiger partial charge in [-0.15, -0.1) is 0 Å². The van der Waals surface area contributed by atoms with Gasteiger partial charge in [-0.3, -0.25) is 4.90 Å². The largest absolute Gasteiger partial charge is 0.489 e. The van der Waals surface area contributed by atoms with Crippen LogP contribution in [0.3, 0.4) is 0 Å². The van der Waals surface area contributed by atoms with Gasteiger partial charge in [0.05, 0.1) is 0 Å². The standard InChI is InChI=1S/C21H28N2O/c1-2-6-21(23-15-13-22-14-16-23)19-9-11-20(12-10-19)24-17-18-7-4-3-5-8-18/h3-5,7-12,21-22H,2,6,13-17H2,1H3/t21-/m0/s1. The highest BCUT2D eigenvalue weighted by molar-refractivity contribution is 5.30. The Bertz CT molecular complexity index is 591. The van der Waals surface area contributed by atoms with Gasteiger partial charge in [0.25, 0.3) is 0 Å². The van der Waals surface area contributed by atoms with Gasteiger partial charge in [0.2, 0.25) is 0 Å². The molecule has 0 amide bonds. The summed E-state index contributed by atoms with van der Waals surface area (Å²) >= 11 is 0. The average molecular weight is 324 g/mol. The van der Waals surface area contributed by atoms with Crippen molar-refractivity contribution in [3.63, 3.8) is 0 Å². The molecule has 0 unspecified atom stereocenters. The molecule has 0 radical (unpaired) electrons. The highest BCUT2D eigenvalue weighted by Gasteiger charge is 2.21. The number of hydrogen-bond acceptors (Lipinski definition) is 3. The minimum absolute atomic E-state index is 0.528. The average Bonchev–Trinajstić information content (AvgIpc) is 2.66. The molecule has 3 heteroatoms. The lowest BCUT2D eigenvalue weighted by atomic mass is 10.00. The molecule has 0 aromatic heterocycles. The molecule has 2 aromatic rings. The second-order valence-corrected chi connectivity index (χ2v) is 6.43. The fraction of sp³-hybridized carbons (Fsp3) is 0.429. The van der Waals surface area contributed by atoms with Crippen molar-refractivity contribution >= 4 is 0 Å². The molecule has 1 atom stereocenters. The number of benzene rings is 2. The summed E-state index contributed by atoms with van der Waals surface area (Å²) in [5.74, 6) is 0.943. The zero-order chi connectivity index (χ0) is 16.6. The molecular formula is C21H28N2O. The third-order valence-corrected chi connectivity index (χ3v) is 4.67. The summed E-state index contributed by atoms with van der Waals surface area (Å²) in [4.78, 5) is 2.61. The third-order valence-electron chi connectivity index (χ3n) is 4.67. The lowest BCUT2D eigenvalue weighted by Gasteiger charge is -2.35. The van der Waals surface area contributed by atoms with Gasteiger partial charge in [-0.2, -0.15) is 0 Å². The van der Waals surface area contributed by atoms with Crippen molar-refractivity contribution in [3.8, 4) is 5.75 Å². The molecular weight excluding hydrogens is 296 g/mol. The number of hydrogen-bond donors (Lipinski definition) is 1. The van der Waals surface area contributed by atoms with Crippen LogP contribution in [0.4, 0.5) is 0 Å². The predicted molar refractivity (Wildman–Crippen MR) is 99.3 cm³/mol. The predicted octanol–water partition coefficient (Wildman–Crippen LogP) is 4.01. The zero-order valence-electron chi connectivity index (χ0n) is 14.6. The van der Waals surface area contributed by atoms with Crippen LogP contribution >= 0.6 is 0 Å². The molecule has 1 fully saturated rings. The SMILES string of the molecule is CCC[C@@H](c1ccc(OCc2ccccc2)cc1)N1CCNCC1. The normalized spacial score (nSPS) is 16.7. The van der Waals surface area contributed by atoms with Crippen LogP contribution in [0.5, 0.6) is 5.75 Å². The van der Waals surface area contributed by atoms with E-state index in [1.165, 1.54) is 24.0 Å². The Labute approximate surface area is 145 Å². The summed E-state index contributed by atoms with van der Waals surface area (Å²) in [7, 11) is 0. The molecule has 3 rings (SSSR count). The molecule has 1 aliphatic heterocycles. The van der Waals surface area contributed by atoms with E-state index in [1.807, 2.05) is 18.2 Å². The molecule has 0 spiro atoms. The first-order valence-corrected chi connectivity index (χ1v) is 9.08. The molecule has 2 aromatic carbocycles. The van der Waals surface area contributed by atoms with E-state index in [9.17, 15) is 0 Å². The molecule has 0 bridgehead atoms. The maximum Gasteiger partial charge on any atom is 0.119 e. The summed E-state index contributed by atoms with van der Waals surface area (Å²) < 4.78 is 5.91. The molecule has 0 aliphatic carbocycles. The Morgan fingerprint density at radius 2 is 1.71 bits per heavy atom. The lowest BCUT2D eigenvalue weighted by molar-refractivity contribution is 0.164. The highest BCUT2D eigenvalue weighted by atomic mass is 16.5. The topological polar surface area (TPSA) is 24.5 Å². The Kier molecular flexibility index (Phi) is 6.27. The highest BCUT2D eigenvalue weighted by Crippen LogP contribution is 2.27. The van der Waals surface area contributed by atoms with E-state index in [0.29, 0.717) is 12.6 Å². The fourth-order valence-electron chi connectivity index (χ4n) is 3.35. The Morgan fingerprint density at radius 1 is 1.00 bits per heavy atom. The van der Waals surface area contributed by atoms with Crippen LogP contribution < -0.4 is 10.1 Å². The van der Waals surface area contributed by atoms with Gasteiger partial charge < -0.3 is 10.1 Å². The van der Waals surface area contributed by atoms with Crippen molar-refractivity contribution in [3.05, 3.63) is 65.7 Å². The van der Waals surface area contributed by atoms with Crippen LogP contribution in [-0.4, -0.2) is 31.1 Å². The van der Waals surface area contributed by atoms with Crippen LogP contribution in [0.25, 0.3) is 0 Å². The van der Waals surface area contributed by atoms with Crippen LogP contribution in [0.1, 0.15) is 36.9 Å². The van der Waals surface area contributed by atoms with Crippen LogP contribution in [0.2, 0.25) is 0 Å². The molecule has 1 heterocycles.